The second-order valence-corrected chi connectivity index (χ2v) is 4.33. The van der Waals surface area contributed by atoms with Crippen molar-refractivity contribution in [2.75, 3.05) is 5.32 Å². The lowest BCUT2D eigenvalue weighted by atomic mass is 10.1. The number of fused-ring (bicyclic) bond motifs is 1. The third-order valence-corrected chi connectivity index (χ3v) is 2.97. The number of halogens is 1. The van der Waals surface area contributed by atoms with Crippen molar-refractivity contribution < 1.29 is 4.42 Å². The molecule has 1 N–H and O–H groups in total. The predicted molar refractivity (Wildman–Crippen MR) is 72.8 cm³/mol. The summed E-state index contributed by atoms with van der Waals surface area (Å²) in [5, 5.41) is 6.00. The topological polar surface area (TPSA) is 38.1 Å². The monoisotopic (exact) mass is 258 g/mol. The molecule has 0 unspecified atom stereocenters. The maximum Gasteiger partial charge on any atom is 0.193 e. The van der Waals surface area contributed by atoms with Gasteiger partial charge in [-0.1, -0.05) is 12.1 Å². The van der Waals surface area contributed by atoms with Crippen LogP contribution in [0.5, 0.6) is 0 Å². The molecule has 0 radical (unpaired) electrons. The lowest BCUT2D eigenvalue weighted by Gasteiger charge is -2.07. The van der Waals surface area contributed by atoms with Gasteiger partial charge in [0.25, 0.3) is 0 Å². The van der Waals surface area contributed by atoms with Crippen molar-refractivity contribution in [1.82, 2.24) is 4.98 Å². The molecule has 0 amide bonds. The van der Waals surface area contributed by atoms with E-state index in [4.69, 9.17) is 16.0 Å². The van der Waals surface area contributed by atoms with Crippen molar-refractivity contribution in [3.05, 3.63) is 59.8 Å². The van der Waals surface area contributed by atoms with Crippen molar-refractivity contribution in [2.24, 2.45) is 0 Å². The molecular formula is C14H11ClN2O. The summed E-state index contributed by atoms with van der Waals surface area (Å²) in [7, 11) is 0. The average Bonchev–Trinajstić information content (AvgIpc) is 2.82. The van der Waals surface area contributed by atoms with Gasteiger partial charge in [-0.05, 0) is 35.9 Å². The van der Waals surface area contributed by atoms with E-state index < -0.39 is 0 Å². The number of pyridine rings is 1. The van der Waals surface area contributed by atoms with Crippen LogP contribution in [0.1, 0.15) is 5.76 Å². The molecule has 2 aromatic heterocycles. The Hall–Kier alpha value is -2.00. The molecule has 0 aliphatic carbocycles. The van der Waals surface area contributed by atoms with Crippen LogP contribution in [0.25, 0.3) is 10.8 Å². The average molecular weight is 259 g/mol. The van der Waals surface area contributed by atoms with Crippen LogP contribution in [0, 0.1) is 0 Å². The van der Waals surface area contributed by atoms with E-state index in [1.54, 1.807) is 12.3 Å². The molecule has 3 aromatic rings. The van der Waals surface area contributed by atoms with Gasteiger partial charge in [0, 0.05) is 28.9 Å². The van der Waals surface area contributed by atoms with Gasteiger partial charge < -0.3 is 9.73 Å². The maximum absolute atomic E-state index is 5.73. The second-order valence-electron chi connectivity index (χ2n) is 3.96. The summed E-state index contributed by atoms with van der Waals surface area (Å²) in [5.41, 5.74) is 1.06. The van der Waals surface area contributed by atoms with Crippen molar-refractivity contribution in [1.29, 1.82) is 0 Å². The maximum atomic E-state index is 5.73. The molecule has 0 fully saturated rings. The van der Waals surface area contributed by atoms with Gasteiger partial charge in [-0.25, -0.2) is 0 Å². The summed E-state index contributed by atoms with van der Waals surface area (Å²) >= 11 is 5.73. The summed E-state index contributed by atoms with van der Waals surface area (Å²) in [5.74, 6) is 0.811. The van der Waals surface area contributed by atoms with Gasteiger partial charge in [-0.3, -0.25) is 4.98 Å². The molecule has 18 heavy (non-hydrogen) atoms. The number of benzene rings is 1. The number of nitrogens with zero attached hydrogens (tertiary/aromatic N) is 1. The van der Waals surface area contributed by atoms with Gasteiger partial charge >= 0.3 is 0 Å². The molecular weight excluding hydrogens is 248 g/mol. The summed E-state index contributed by atoms with van der Waals surface area (Å²) < 4.78 is 5.31. The van der Waals surface area contributed by atoms with Gasteiger partial charge in [0.2, 0.25) is 0 Å². The fourth-order valence-corrected chi connectivity index (χ4v) is 2.07. The Morgan fingerprint density at radius 1 is 1.17 bits per heavy atom. The van der Waals surface area contributed by atoms with Crippen LogP contribution in [0.2, 0.25) is 5.22 Å². The van der Waals surface area contributed by atoms with Crippen molar-refractivity contribution in [3.8, 4) is 0 Å². The number of aromatic nitrogens is 1. The molecule has 90 valence electrons. The van der Waals surface area contributed by atoms with Gasteiger partial charge in [0.05, 0.1) is 6.54 Å². The summed E-state index contributed by atoms with van der Waals surface area (Å²) in [6.07, 6.45) is 3.64. The van der Waals surface area contributed by atoms with Gasteiger partial charge in [-0.15, -0.1) is 0 Å². The normalized spacial score (nSPS) is 10.7. The van der Waals surface area contributed by atoms with Crippen LogP contribution >= 0.6 is 11.6 Å². The van der Waals surface area contributed by atoms with Crippen LogP contribution in [0.4, 0.5) is 5.69 Å². The standard InChI is InChI=1S/C14H11ClN2O/c15-14-5-4-11(18-14)9-17-13-3-1-2-10-8-16-7-6-12(10)13/h1-8,17H,9H2. The number of rotatable bonds is 3. The SMILES string of the molecule is Clc1ccc(CNc2cccc3cnccc23)o1. The van der Waals surface area contributed by atoms with E-state index in [2.05, 4.69) is 10.3 Å². The van der Waals surface area contributed by atoms with E-state index in [9.17, 15) is 0 Å². The molecule has 3 nitrogen and oxygen atoms in total. The molecule has 4 heteroatoms. The zero-order valence-electron chi connectivity index (χ0n) is 9.56. The largest absolute Gasteiger partial charge is 0.448 e. The molecule has 0 aliphatic rings. The summed E-state index contributed by atoms with van der Waals surface area (Å²) in [6.45, 7) is 0.605. The first-order valence-corrected chi connectivity index (χ1v) is 6.01. The Balaban J connectivity index is 1.86. The van der Waals surface area contributed by atoms with Crippen LogP contribution in [0.15, 0.2) is 53.2 Å². The first kappa shape index (κ1) is 11.1. The van der Waals surface area contributed by atoms with E-state index in [1.807, 2.05) is 36.5 Å². The Morgan fingerprint density at radius 2 is 2.11 bits per heavy atom. The highest BCUT2D eigenvalue weighted by molar-refractivity contribution is 6.28. The van der Waals surface area contributed by atoms with E-state index in [-0.39, 0.29) is 0 Å². The van der Waals surface area contributed by atoms with Crippen molar-refractivity contribution in [3.63, 3.8) is 0 Å². The fraction of sp³-hybridized carbons (Fsp3) is 0.0714. The Bertz CT molecular complexity index is 673. The zero-order chi connectivity index (χ0) is 12.4. The van der Waals surface area contributed by atoms with Gasteiger partial charge in [-0.2, -0.15) is 0 Å². The number of anilines is 1. The lowest BCUT2D eigenvalue weighted by molar-refractivity contribution is 0.520. The van der Waals surface area contributed by atoms with Crippen LogP contribution < -0.4 is 5.32 Å². The number of nitrogens with one attached hydrogen (secondary N) is 1. The molecule has 0 bridgehead atoms. The molecule has 2 heterocycles. The quantitative estimate of drug-likeness (QED) is 0.769. The van der Waals surface area contributed by atoms with E-state index in [1.165, 1.54) is 0 Å². The first-order valence-electron chi connectivity index (χ1n) is 5.64. The highest BCUT2D eigenvalue weighted by Crippen LogP contribution is 2.23. The summed E-state index contributed by atoms with van der Waals surface area (Å²) in [6, 6.07) is 11.7. The van der Waals surface area contributed by atoms with Gasteiger partial charge in [0.1, 0.15) is 5.76 Å². The Labute approximate surface area is 109 Å². The second kappa shape index (κ2) is 4.70. The Morgan fingerprint density at radius 3 is 2.94 bits per heavy atom. The molecule has 0 saturated carbocycles. The Kier molecular flexibility index (Phi) is 2.90. The zero-order valence-corrected chi connectivity index (χ0v) is 10.3. The molecule has 0 aliphatic heterocycles. The van der Waals surface area contributed by atoms with E-state index in [0.29, 0.717) is 11.8 Å². The third kappa shape index (κ3) is 2.17. The smallest absolute Gasteiger partial charge is 0.193 e. The molecule has 1 aromatic carbocycles. The molecule has 0 spiro atoms. The van der Waals surface area contributed by atoms with Crippen LogP contribution in [0.3, 0.4) is 0 Å². The minimum atomic E-state index is 0.411. The highest BCUT2D eigenvalue weighted by Gasteiger charge is 2.02. The van der Waals surface area contributed by atoms with Gasteiger partial charge in [0.15, 0.2) is 5.22 Å². The van der Waals surface area contributed by atoms with Crippen molar-refractivity contribution >= 4 is 28.1 Å². The number of hydrogen-bond donors (Lipinski definition) is 1. The number of furan rings is 1. The lowest BCUT2D eigenvalue weighted by Crippen LogP contribution is -1.98. The minimum Gasteiger partial charge on any atom is -0.448 e. The van der Waals surface area contributed by atoms with Crippen LogP contribution in [-0.4, -0.2) is 4.98 Å². The number of hydrogen-bond acceptors (Lipinski definition) is 3. The molecule has 3 rings (SSSR count). The fourth-order valence-electron chi connectivity index (χ4n) is 1.91. The first-order chi connectivity index (χ1) is 8.83. The minimum absolute atomic E-state index is 0.411. The van der Waals surface area contributed by atoms with E-state index >= 15 is 0 Å². The van der Waals surface area contributed by atoms with E-state index in [0.717, 1.165) is 22.2 Å². The molecule has 0 atom stereocenters. The predicted octanol–water partition coefficient (Wildman–Crippen LogP) is 4.09. The highest BCUT2D eigenvalue weighted by atomic mass is 35.5. The molecule has 0 saturated heterocycles. The summed E-state index contributed by atoms with van der Waals surface area (Å²) in [4.78, 5) is 4.11. The third-order valence-electron chi connectivity index (χ3n) is 2.76. The van der Waals surface area contributed by atoms with Crippen molar-refractivity contribution in [2.45, 2.75) is 6.54 Å². The van der Waals surface area contributed by atoms with Crippen LogP contribution in [-0.2, 0) is 6.54 Å².